The van der Waals surface area contributed by atoms with Crippen molar-refractivity contribution in [3.05, 3.63) is 11.2 Å². The van der Waals surface area contributed by atoms with E-state index in [1.165, 1.54) is 5.57 Å². The highest BCUT2D eigenvalue weighted by Gasteiger charge is 2.53. The molecule has 2 aliphatic heterocycles. The first-order valence-electron chi connectivity index (χ1n) is 6.01. The van der Waals surface area contributed by atoms with Gasteiger partial charge in [-0.1, -0.05) is 0 Å². The standard InChI is InChI=1S/C12H21BO3/c1-9-7-6-8-14-10(9)13-15-11(2,3)12(4,5)16-13/h6-8H2,1-5H3. The van der Waals surface area contributed by atoms with Gasteiger partial charge in [-0.15, -0.1) is 0 Å². The molecule has 0 saturated carbocycles. The van der Waals surface area contributed by atoms with E-state index in [9.17, 15) is 0 Å². The lowest BCUT2D eigenvalue weighted by Gasteiger charge is -2.32. The lowest BCUT2D eigenvalue weighted by atomic mass is 9.81. The van der Waals surface area contributed by atoms with Crippen molar-refractivity contribution in [2.45, 2.75) is 58.7 Å². The monoisotopic (exact) mass is 224 g/mol. The molecule has 0 aromatic heterocycles. The van der Waals surface area contributed by atoms with E-state index in [0.717, 1.165) is 25.1 Å². The van der Waals surface area contributed by atoms with Crippen LogP contribution in [0.1, 0.15) is 47.5 Å². The van der Waals surface area contributed by atoms with Crippen LogP contribution in [0.25, 0.3) is 0 Å². The fraction of sp³-hybridized carbons (Fsp3) is 0.833. The first-order valence-corrected chi connectivity index (χ1v) is 6.01. The molecule has 2 rings (SSSR count). The van der Waals surface area contributed by atoms with Gasteiger partial charge in [0.2, 0.25) is 0 Å². The Balaban J connectivity index is 2.20. The van der Waals surface area contributed by atoms with Gasteiger partial charge in [-0.3, -0.25) is 0 Å². The van der Waals surface area contributed by atoms with Gasteiger partial charge in [-0.05, 0) is 53.0 Å². The summed E-state index contributed by atoms with van der Waals surface area (Å²) >= 11 is 0. The zero-order valence-corrected chi connectivity index (χ0v) is 10.9. The number of hydrogen-bond donors (Lipinski definition) is 0. The molecule has 1 fully saturated rings. The molecular formula is C12H21BO3. The molecule has 2 heterocycles. The average Bonchev–Trinajstić information content (AvgIpc) is 2.36. The van der Waals surface area contributed by atoms with Crippen LogP contribution in [0.4, 0.5) is 0 Å². The van der Waals surface area contributed by atoms with Crippen LogP contribution >= 0.6 is 0 Å². The smallest absolute Gasteiger partial charge is 0.502 e. The summed E-state index contributed by atoms with van der Waals surface area (Å²) in [5.74, 6) is 0. The number of hydrogen-bond acceptors (Lipinski definition) is 3. The van der Waals surface area contributed by atoms with E-state index < -0.39 is 0 Å². The van der Waals surface area contributed by atoms with Crippen LogP contribution < -0.4 is 0 Å². The number of rotatable bonds is 1. The summed E-state index contributed by atoms with van der Waals surface area (Å²) in [5, 5.41) is 0. The zero-order chi connectivity index (χ0) is 12.0. The maximum atomic E-state index is 5.97. The van der Waals surface area contributed by atoms with Crippen LogP contribution in [0.5, 0.6) is 0 Å². The van der Waals surface area contributed by atoms with E-state index in [1.54, 1.807) is 0 Å². The highest BCUT2D eigenvalue weighted by Crippen LogP contribution is 2.40. The Bertz CT molecular complexity index is 304. The summed E-state index contributed by atoms with van der Waals surface area (Å²) in [6, 6.07) is 0. The van der Waals surface area contributed by atoms with E-state index >= 15 is 0 Å². The van der Waals surface area contributed by atoms with Crippen LogP contribution in [0.3, 0.4) is 0 Å². The Morgan fingerprint density at radius 2 is 1.62 bits per heavy atom. The largest absolute Gasteiger partial charge is 0.532 e. The molecule has 2 aliphatic rings. The van der Waals surface area contributed by atoms with Crippen LogP contribution in [0.15, 0.2) is 11.2 Å². The second kappa shape index (κ2) is 3.78. The molecule has 4 heteroatoms. The molecule has 0 spiro atoms. The second-order valence-corrected chi connectivity index (χ2v) is 5.68. The van der Waals surface area contributed by atoms with E-state index in [1.807, 2.05) is 0 Å². The summed E-state index contributed by atoms with van der Waals surface area (Å²) in [6.07, 6.45) is 2.17. The van der Waals surface area contributed by atoms with Crippen LogP contribution in [-0.4, -0.2) is 24.9 Å². The molecule has 0 amide bonds. The molecule has 0 aromatic carbocycles. The lowest BCUT2D eigenvalue weighted by Crippen LogP contribution is -2.41. The van der Waals surface area contributed by atoms with Crippen molar-refractivity contribution >= 4 is 7.12 Å². The Morgan fingerprint density at radius 3 is 2.12 bits per heavy atom. The normalized spacial score (nSPS) is 28.2. The summed E-state index contributed by atoms with van der Waals surface area (Å²) in [4.78, 5) is 0. The number of ether oxygens (including phenoxy) is 1. The topological polar surface area (TPSA) is 27.7 Å². The minimum atomic E-state index is -0.328. The van der Waals surface area contributed by atoms with E-state index in [2.05, 4.69) is 34.6 Å². The number of allylic oxidation sites excluding steroid dienone is 1. The van der Waals surface area contributed by atoms with E-state index in [0.29, 0.717) is 0 Å². The van der Waals surface area contributed by atoms with Gasteiger partial charge >= 0.3 is 7.12 Å². The van der Waals surface area contributed by atoms with Crippen molar-refractivity contribution < 1.29 is 14.0 Å². The van der Waals surface area contributed by atoms with Crippen molar-refractivity contribution in [1.29, 1.82) is 0 Å². The quantitative estimate of drug-likeness (QED) is 0.641. The average molecular weight is 224 g/mol. The summed E-state index contributed by atoms with van der Waals surface area (Å²) < 4.78 is 17.6. The zero-order valence-electron chi connectivity index (χ0n) is 10.9. The molecule has 16 heavy (non-hydrogen) atoms. The second-order valence-electron chi connectivity index (χ2n) is 5.68. The minimum Gasteiger partial charge on any atom is -0.502 e. The maximum absolute atomic E-state index is 5.97. The fourth-order valence-electron chi connectivity index (χ4n) is 1.99. The van der Waals surface area contributed by atoms with Gasteiger partial charge in [0.05, 0.1) is 17.8 Å². The van der Waals surface area contributed by atoms with Gasteiger partial charge < -0.3 is 14.0 Å². The summed E-state index contributed by atoms with van der Waals surface area (Å²) in [7, 11) is -0.328. The molecule has 0 bridgehead atoms. The van der Waals surface area contributed by atoms with Crippen molar-refractivity contribution in [1.82, 2.24) is 0 Å². The van der Waals surface area contributed by atoms with Crippen LogP contribution in [0, 0.1) is 0 Å². The Labute approximate surface area is 98.3 Å². The molecule has 0 aromatic rings. The Morgan fingerprint density at radius 1 is 1.06 bits per heavy atom. The molecule has 0 N–H and O–H groups in total. The van der Waals surface area contributed by atoms with Crippen LogP contribution in [0.2, 0.25) is 0 Å². The fourth-order valence-corrected chi connectivity index (χ4v) is 1.99. The lowest BCUT2D eigenvalue weighted by molar-refractivity contribution is 0.00578. The van der Waals surface area contributed by atoms with Gasteiger partial charge in [0.1, 0.15) is 5.66 Å². The summed E-state index contributed by atoms with van der Waals surface area (Å²) in [6.45, 7) is 11.1. The molecule has 0 radical (unpaired) electrons. The third-order valence-electron chi connectivity index (χ3n) is 3.84. The van der Waals surface area contributed by atoms with Crippen molar-refractivity contribution in [3.8, 4) is 0 Å². The third kappa shape index (κ3) is 1.89. The molecule has 3 nitrogen and oxygen atoms in total. The van der Waals surface area contributed by atoms with E-state index in [-0.39, 0.29) is 18.3 Å². The highest BCUT2D eigenvalue weighted by molar-refractivity contribution is 6.54. The van der Waals surface area contributed by atoms with Gasteiger partial charge in [-0.25, -0.2) is 0 Å². The SMILES string of the molecule is CC1=C(B2OC(C)(C)C(C)(C)O2)OCCC1. The molecule has 0 unspecified atom stereocenters. The first-order chi connectivity index (χ1) is 7.33. The van der Waals surface area contributed by atoms with E-state index in [4.69, 9.17) is 14.0 Å². The maximum Gasteiger partial charge on any atom is 0.532 e. The third-order valence-corrected chi connectivity index (χ3v) is 3.84. The van der Waals surface area contributed by atoms with Gasteiger partial charge in [0, 0.05) is 0 Å². The minimum absolute atomic E-state index is 0.286. The van der Waals surface area contributed by atoms with Gasteiger partial charge in [-0.2, -0.15) is 0 Å². The summed E-state index contributed by atoms with van der Waals surface area (Å²) in [5.41, 5.74) is 1.58. The molecular weight excluding hydrogens is 203 g/mol. The molecule has 90 valence electrons. The van der Waals surface area contributed by atoms with Crippen molar-refractivity contribution in [3.63, 3.8) is 0 Å². The molecule has 0 aliphatic carbocycles. The van der Waals surface area contributed by atoms with Crippen molar-refractivity contribution in [2.24, 2.45) is 0 Å². The predicted octanol–water partition coefficient (Wildman–Crippen LogP) is 2.70. The molecule has 0 atom stereocenters. The predicted molar refractivity (Wildman–Crippen MR) is 64.0 cm³/mol. The van der Waals surface area contributed by atoms with Gasteiger partial charge in [0.25, 0.3) is 0 Å². The van der Waals surface area contributed by atoms with Gasteiger partial charge in [0.15, 0.2) is 0 Å². The highest BCUT2D eigenvalue weighted by atomic mass is 16.7. The van der Waals surface area contributed by atoms with Crippen molar-refractivity contribution in [2.75, 3.05) is 6.61 Å². The Hall–Kier alpha value is -0.475. The first kappa shape index (κ1) is 12.0. The Kier molecular flexibility index (Phi) is 2.83. The molecule has 1 saturated heterocycles. The van der Waals surface area contributed by atoms with Crippen LogP contribution in [-0.2, 0) is 14.0 Å².